The third kappa shape index (κ3) is 2.32. The van der Waals surface area contributed by atoms with Gasteiger partial charge in [0.15, 0.2) is 5.78 Å². The topological polar surface area (TPSA) is 105 Å². The predicted molar refractivity (Wildman–Crippen MR) is 101 cm³/mol. The van der Waals surface area contributed by atoms with Gasteiger partial charge >= 0.3 is 0 Å². The molecular formula is C19H24N4O4. The molecule has 144 valence electrons. The predicted octanol–water partition coefficient (Wildman–Crippen LogP) is 2.85. The average molecular weight is 372 g/mol. The number of nitrogens with zero attached hydrogens (tertiary/aromatic N) is 3. The molecule has 2 aliphatic carbocycles. The molecule has 8 heteroatoms. The number of nitrogens with one attached hydrogen (secondary N) is 1. The van der Waals surface area contributed by atoms with Crippen LogP contribution in [0.3, 0.4) is 0 Å². The minimum Gasteiger partial charge on any atom is -0.348 e. The fourth-order valence-electron chi connectivity index (χ4n) is 4.60. The third-order valence-electron chi connectivity index (χ3n) is 6.72. The number of hydrogen-bond donors (Lipinski definition) is 1. The Balaban J connectivity index is 1.97. The zero-order valence-electron chi connectivity index (χ0n) is 16.2. The first-order chi connectivity index (χ1) is 12.5. The van der Waals surface area contributed by atoms with Gasteiger partial charge < -0.3 is 4.90 Å². The number of fused-ring (bicyclic) bond motifs is 2. The van der Waals surface area contributed by atoms with E-state index in [0.717, 1.165) is 0 Å². The maximum Gasteiger partial charge on any atom is 0.269 e. The lowest BCUT2D eigenvalue weighted by Crippen LogP contribution is -2.50. The van der Waals surface area contributed by atoms with Crippen molar-refractivity contribution in [1.29, 1.82) is 0 Å². The second kappa shape index (κ2) is 5.87. The largest absolute Gasteiger partial charge is 0.348 e. The normalized spacial score (nSPS) is 29.8. The van der Waals surface area contributed by atoms with Gasteiger partial charge in [0, 0.05) is 31.6 Å². The van der Waals surface area contributed by atoms with Crippen LogP contribution in [0.25, 0.3) is 0 Å². The minimum atomic E-state index is -1.10. The summed E-state index contributed by atoms with van der Waals surface area (Å²) in [5, 5.41) is 15.1. The summed E-state index contributed by atoms with van der Waals surface area (Å²) in [6.07, 6.45) is 1.22. The van der Waals surface area contributed by atoms with Crippen LogP contribution in [-0.4, -0.2) is 41.3 Å². The van der Waals surface area contributed by atoms with Crippen LogP contribution in [0.4, 0.5) is 11.4 Å². The van der Waals surface area contributed by atoms with E-state index in [-0.39, 0.29) is 17.4 Å². The number of Topliss-reactive ketones (excluding diaryl/α,β-unsaturated/α-hetero) is 1. The molecule has 1 N–H and O–H groups in total. The van der Waals surface area contributed by atoms with Crippen molar-refractivity contribution in [3.8, 4) is 0 Å². The molecule has 1 amide bonds. The van der Waals surface area contributed by atoms with Crippen molar-refractivity contribution in [2.24, 2.45) is 21.3 Å². The van der Waals surface area contributed by atoms with E-state index in [4.69, 9.17) is 0 Å². The van der Waals surface area contributed by atoms with Gasteiger partial charge in [-0.15, -0.1) is 0 Å². The van der Waals surface area contributed by atoms with Crippen LogP contribution in [-0.2, 0) is 9.59 Å². The van der Waals surface area contributed by atoms with Gasteiger partial charge in [-0.3, -0.25) is 25.1 Å². The molecule has 2 aliphatic rings. The highest BCUT2D eigenvalue weighted by Crippen LogP contribution is 2.69. The van der Waals surface area contributed by atoms with Gasteiger partial charge in [0.1, 0.15) is 11.1 Å². The van der Waals surface area contributed by atoms with Crippen molar-refractivity contribution < 1.29 is 14.5 Å². The quantitative estimate of drug-likeness (QED) is 0.497. The smallest absolute Gasteiger partial charge is 0.269 e. The number of hydrazone groups is 1. The van der Waals surface area contributed by atoms with Gasteiger partial charge in [0.25, 0.3) is 5.69 Å². The van der Waals surface area contributed by atoms with Crippen LogP contribution in [0, 0.1) is 26.4 Å². The van der Waals surface area contributed by atoms with E-state index in [1.807, 2.05) is 20.8 Å². The molecule has 0 aromatic heterocycles. The summed E-state index contributed by atoms with van der Waals surface area (Å²) in [5.41, 5.74) is 1.54. The van der Waals surface area contributed by atoms with E-state index in [1.54, 1.807) is 14.1 Å². The van der Waals surface area contributed by atoms with E-state index in [2.05, 4.69) is 10.5 Å². The Hall–Kier alpha value is -2.77. The number of non-ortho nitro benzene ring substituents is 1. The molecule has 27 heavy (non-hydrogen) atoms. The number of benzene rings is 1. The molecule has 1 aromatic carbocycles. The molecule has 0 aliphatic heterocycles. The van der Waals surface area contributed by atoms with Crippen LogP contribution in [0.2, 0.25) is 0 Å². The Labute approximate surface area is 157 Å². The number of nitro benzene ring substituents is 1. The lowest BCUT2D eigenvalue weighted by atomic mass is 9.64. The van der Waals surface area contributed by atoms with Gasteiger partial charge in [-0.1, -0.05) is 20.8 Å². The number of anilines is 1. The average Bonchev–Trinajstić information content (AvgIpc) is 2.88. The lowest BCUT2D eigenvalue weighted by molar-refractivity contribution is -0.384. The molecule has 8 nitrogen and oxygen atoms in total. The van der Waals surface area contributed by atoms with Gasteiger partial charge in [-0.25, -0.2) is 0 Å². The molecule has 0 heterocycles. The first-order valence-electron chi connectivity index (χ1n) is 8.84. The number of hydrogen-bond acceptors (Lipinski definition) is 6. The van der Waals surface area contributed by atoms with Gasteiger partial charge in [0.2, 0.25) is 5.91 Å². The van der Waals surface area contributed by atoms with Crippen molar-refractivity contribution in [3.63, 3.8) is 0 Å². The highest BCUT2D eigenvalue weighted by atomic mass is 16.6. The summed E-state index contributed by atoms with van der Waals surface area (Å²) < 4.78 is 0. The van der Waals surface area contributed by atoms with Gasteiger partial charge in [0.05, 0.1) is 10.6 Å². The molecule has 2 fully saturated rings. The minimum absolute atomic E-state index is 0.0205. The summed E-state index contributed by atoms with van der Waals surface area (Å²) >= 11 is 0. The molecule has 0 spiro atoms. The van der Waals surface area contributed by atoms with E-state index < -0.39 is 21.2 Å². The van der Waals surface area contributed by atoms with Crippen LogP contribution in [0.5, 0.6) is 0 Å². The van der Waals surface area contributed by atoms with E-state index in [1.165, 1.54) is 29.2 Å². The highest BCUT2D eigenvalue weighted by molar-refractivity contribution is 6.50. The zero-order chi connectivity index (χ0) is 20.2. The highest BCUT2D eigenvalue weighted by Gasteiger charge is 2.76. The molecule has 0 saturated heterocycles. The number of carbonyl (C=O) groups is 2. The van der Waals surface area contributed by atoms with E-state index in [0.29, 0.717) is 24.2 Å². The summed E-state index contributed by atoms with van der Waals surface area (Å²) in [4.78, 5) is 38.1. The fourth-order valence-corrected chi connectivity index (χ4v) is 4.60. The Morgan fingerprint density at radius 2 is 1.78 bits per heavy atom. The monoisotopic (exact) mass is 372 g/mol. The zero-order valence-corrected chi connectivity index (χ0v) is 16.2. The number of rotatable bonds is 4. The van der Waals surface area contributed by atoms with E-state index >= 15 is 0 Å². The summed E-state index contributed by atoms with van der Waals surface area (Å²) in [6.45, 7) is 5.92. The van der Waals surface area contributed by atoms with Gasteiger partial charge in [-0.05, 0) is 30.4 Å². The molecule has 2 atom stereocenters. The molecule has 0 radical (unpaired) electrons. The van der Waals surface area contributed by atoms with Crippen LogP contribution in [0.1, 0.15) is 33.6 Å². The van der Waals surface area contributed by atoms with Gasteiger partial charge in [-0.2, -0.15) is 5.10 Å². The fraction of sp³-hybridized carbons (Fsp3) is 0.526. The maximum atomic E-state index is 13.3. The van der Waals surface area contributed by atoms with Crippen molar-refractivity contribution in [2.45, 2.75) is 33.6 Å². The van der Waals surface area contributed by atoms with Crippen molar-refractivity contribution in [2.75, 3.05) is 19.5 Å². The summed E-state index contributed by atoms with van der Waals surface area (Å²) in [6, 6.07) is 5.81. The third-order valence-corrected chi connectivity index (χ3v) is 6.72. The Morgan fingerprint density at radius 1 is 1.19 bits per heavy atom. The second-order valence-corrected chi connectivity index (χ2v) is 8.27. The van der Waals surface area contributed by atoms with Crippen LogP contribution in [0.15, 0.2) is 29.4 Å². The Kier molecular flexibility index (Phi) is 4.13. The summed E-state index contributed by atoms with van der Waals surface area (Å²) in [5.74, 6) is -0.406. The molecule has 3 rings (SSSR count). The maximum absolute atomic E-state index is 13.3. The number of carbonyl (C=O) groups excluding carboxylic acids is 2. The summed E-state index contributed by atoms with van der Waals surface area (Å²) in [7, 11) is 3.33. The number of amides is 1. The SMILES string of the molecule is CN(C)C(=O)C12CCC(C)(/C(=N/Nc3ccc([N+](=O)[O-])cc3)C1=O)C2(C)C. The Morgan fingerprint density at radius 3 is 2.30 bits per heavy atom. The van der Waals surface area contributed by atoms with Crippen LogP contribution >= 0.6 is 0 Å². The van der Waals surface area contributed by atoms with Crippen molar-refractivity contribution in [3.05, 3.63) is 34.4 Å². The second-order valence-electron chi connectivity index (χ2n) is 8.27. The van der Waals surface area contributed by atoms with Crippen LogP contribution < -0.4 is 5.43 Å². The standard InChI is InChI=1S/C19H24N4O4/c1-17(2)18(3)10-11-19(17,16(25)22(4)5)15(24)14(18)21-20-12-6-8-13(9-7-12)23(26)27/h6-9,20H,10-11H2,1-5H3/b21-14+. The first-order valence-corrected chi connectivity index (χ1v) is 8.84. The van der Waals surface area contributed by atoms with E-state index in [9.17, 15) is 19.7 Å². The molecule has 2 bridgehead atoms. The van der Waals surface area contributed by atoms with Crippen molar-refractivity contribution in [1.82, 2.24) is 4.90 Å². The number of ketones is 1. The lowest BCUT2D eigenvalue weighted by Gasteiger charge is -2.38. The molecule has 2 saturated carbocycles. The Bertz CT molecular complexity index is 859. The molecule has 2 unspecified atom stereocenters. The molecule has 1 aromatic rings. The first kappa shape index (κ1) is 19.0. The number of nitro groups is 1. The van der Waals surface area contributed by atoms with Crippen molar-refractivity contribution >= 4 is 28.8 Å². The molecular weight excluding hydrogens is 348 g/mol.